The smallest absolute Gasteiger partial charge is 0.279 e. The molecule has 166 valence electrons. The van der Waals surface area contributed by atoms with Gasteiger partial charge in [-0.1, -0.05) is 41.4 Å². The number of aromatic nitrogens is 2. The van der Waals surface area contributed by atoms with E-state index < -0.39 is 0 Å². The van der Waals surface area contributed by atoms with Crippen LogP contribution in [0.3, 0.4) is 0 Å². The highest BCUT2D eigenvalue weighted by Crippen LogP contribution is 2.22. The number of halogens is 2. The van der Waals surface area contributed by atoms with E-state index in [2.05, 4.69) is 10.00 Å². The molecule has 33 heavy (non-hydrogen) atoms. The molecule has 1 fully saturated rings. The van der Waals surface area contributed by atoms with Gasteiger partial charge >= 0.3 is 0 Å². The summed E-state index contributed by atoms with van der Waals surface area (Å²) in [6, 6.07) is 21.6. The minimum absolute atomic E-state index is 0.190. The van der Waals surface area contributed by atoms with Crippen molar-refractivity contribution >= 4 is 45.6 Å². The van der Waals surface area contributed by atoms with Crippen molar-refractivity contribution in [2.24, 2.45) is 0 Å². The standard InChI is InChI=1S/C25H20Cl2N4O2/c26-17-5-9-19(10-6-17)29-13-15-30(16-14-29)25(33)23-21-3-1-2-4-22(21)24(32)31(28-23)20-11-7-18(27)8-12-20/h1-12H,13-16H2. The van der Waals surface area contributed by atoms with E-state index in [0.717, 1.165) is 5.69 Å². The Balaban J connectivity index is 1.47. The molecule has 0 aliphatic carbocycles. The van der Waals surface area contributed by atoms with Crippen LogP contribution in [-0.4, -0.2) is 46.8 Å². The molecule has 0 bridgehead atoms. The predicted molar refractivity (Wildman–Crippen MR) is 132 cm³/mol. The van der Waals surface area contributed by atoms with Crippen LogP contribution in [0.2, 0.25) is 10.0 Å². The molecule has 1 aliphatic rings. The van der Waals surface area contributed by atoms with Crippen molar-refractivity contribution < 1.29 is 4.79 Å². The van der Waals surface area contributed by atoms with Crippen LogP contribution in [0, 0.1) is 0 Å². The van der Waals surface area contributed by atoms with Crippen LogP contribution >= 0.6 is 23.2 Å². The summed E-state index contributed by atoms with van der Waals surface area (Å²) >= 11 is 12.0. The van der Waals surface area contributed by atoms with Crippen molar-refractivity contribution in [3.05, 3.63) is 98.9 Å². The van der Waals surface area contributed by atoms with Gasteiger partial charge in [-0.25, -0.2) is 0 Å². The second-order valence-corrected chi connectivity index (χ2v) is 8.72. The maximum atomic E-state index is 13.5. The van der Waals surface area contributed by atoms with Gasteiger partial charge in [-0.15, -0.1) is 0 Å². The lowest BCUT2D eigenvalue weighted by molar-refractivity contribution is 0.0741. The average Bonchev–Trinajstić information content (AvgIpc) is 2.85. The molecular formula is C25H20Cl2N4O2. The quantitative estimate of drug-likeness (QED) is 0.429. The van der Waals surface area contributed by atoms with Gasteiger partial charge in [-0.2, -0.15) is 9.78 Å². The van der Waals surface area contributed by atoms with Crippen LogP contribution in [0.5, 0.6) is 0 Å². The molecule has 1 amide bonds. The van der Waals surface area contributed by atoms with E-state index in [1.54, 1.807) is 47.4 Å². The molecule has 0 radical (unpaired) electrons. The number of fused-ring (bicyclic) bond motifs is 1. The van der Waals surface area contributed by atoms with Crippen LogP contribution in [-0.2, 0) is 0 Å². The second-order valence-electron chi connectivity index (χ2n) is 7.84. The van der Waals surface area contributed by atoms with Gasteiger partial charge in [0.1, 0.15) is 0 Å². The van der Waals surface area contributed by atoms with Gasteiger partial charge in [0.2, 0.25) is 0 Å². The summed E-state index contributed by atoms with van der Waals surface area (Å²) in [5.41, 5.74) is 1.61. The van der Waals surface area contributed by atoms with Gasteiger partial charge in [0.25, 0.3) is 11.5 Å². The van der Waals surface area contributed by atoms with Gasteiger partial charge in [-0.05, 0) is 54.6 Å². The van der Waals surface area contributed by atoms with E-state index in [9.17, 15) is 9.59 Å². The van der Waals surface area contributed by atoms with Crippen molar-refractivity contribution in [2.75, 3.05) is 31.1 Å². The number of carbonyl (C=O) groups excluding carboxylic acids is 1. The number of nitrogens with zero attached hydrogens (tertiary/aromatic N) is 4. The number of hydrogen-bond acceptors (Lipinski definition) is 4. The van der Waals surface area contributed by atoms with E-state index in [1.165, 1.54) is 4.68 Å². The van der Waals surface area contributed by atoms with Gasteiger partial charge in [0.15, 0.2) is 5.69 Å². The van der Waals surface area contributed by atoms with Crippen LogP contribution in [0.4, 0.5) is 5.69 Å². The second kappa shape index (κ2) is 8.89. The zero-order valence-electron chi connectivity index (χ0n) is 17.6. The molecule has 2 heterocycles. The van der Waals surface area contributed by atoms with Gasteiger partial charge < -0.3 is 9.80 Å². The third-order valence-corrected chi connectivity index (χ3v) is 6.34. The highest BCUT2D eigenvalue weighted by Gasteiger charge is 2.26. The molecule has 4 aromatic rings. The summed E-state index contributed by atoms with van der Waals surface area (Å²) in [6.07, 6.45) is 0. The van der Waals surface area contributed by atoms with Crippen molar-refractivity contribution in [1.82, 2.24) is 14.7 Å². The van der Waals surface area contributed by atoms with Crippen molar-refractivity contribution in [1.29, 1.82) is 0 Å². The van der Waals surface area contributed by atoms with Crippen LogP contribution in [0.25, 0.3) is 16.5 Å². The van der Waals surface area contributed by atoms with Crippen LogP contribution in [0.1, 0.15) is 10.5 Å². The minimum atomic E-state index is -0.281. The zero-order valence-corrected chi connectivity index (χ0v) is 19.1. The van der Waals surface area contributed by atoms with Crippen molar-refractivity contribution in [3.63, 3.8) is 0 Å². The minimum Gasteiger partial charge on any atom is -0.368 e. The average molecular weight is 479 g/mol. The molecule has 1 aliphatic heterocycles. The summed E-state index contributed by atoms with van der Waals surface area (Å²) in [5.74, 6) is -0.190. The molecule has 0 spiro atoms. The van der Waals surface area contributed by atoms with E-state index >= 15 is 0 Å². The monoisotopic (exact) mass is 478 g/mol. The highest BCUT2D eigenvalue weighted by atomic mass is 35.5. The van der Waals surface area contributed by atoms with Crippen molar-refractivity contribution in [2.45, 2.75) is 0 Å². The van der Waals surface area contributed by atoms with E-state index in [-0.39, 0.29) is 17.2 Å². The Morgan fingerprint density at radius 1 is 0.727 bits per heavy atom. The summed E-state index contributed by atoms with van der Waals surface area (Å²) in [5, 5.41) is 6.76. The molecule has 6 nitrogen and oxygen atoms in total. The Bertz CT molecular complexity index is 1380. The molecule has 0 saturated carbocycles. The molecule has 0 N–H and O–H groups in total. The van der Waals surface area contributed by atoms with Crippen molar-refractivity contribution in [3.8, 4) is 5.69 Å². The Labute approximate surface area is 200 Å². The fourth-order valence-electron chi connectivity index (χ4n) is 4.07. The van der Waals surface area contributed by atoms with Crippen LogP contribution in [0.15, 0.2) is 77.6 Å². The normalized spacial score (nSPS) is 14.0. The topological polar surface area (TPSA) is 58.4 Å². The fourth-order valence-corrected chi connectivity index (χ4v) is 4.33. The third-order valence-electron chi connectivity index (χ3n) is 5.84. The Morgan fingerprint density at radius 3 is 1.88 bits per heavy atom. The Hall–Kier alpha value is -3.35. The first-order valence-corrected chi connectivity index (χ1v) is 11.3. The first-order chi connectivity index (χ1) is 16.0. The largest absolute Gasteiger partial charge is 0.368 e. The molecule has 1 aromatic heterocycles. The molecule has 3 aromatic carbocycles. The van der Waals surface area contributed by atoms with Crippen LogP contribution < -0.4 is 10.5 Å². The lowest BCUT2D eigenvalue weighted by Crippen LogP contribution is -2.49. The molecular weight excluding hydrogens is 459 g/mol. The molecule has 8 heteroatoms. The number of hydrogen-bond donors (Lipinski definition) is 0. The molecule has 5 rings (SSSR count). The predicted octanol–water partition coefficient (Wildman–Crippen LogP) is 4.65. The first kappa shape index (κ1) is 21.5. The van der Waals surface area contributed by atoms with E-state index in [4.69, 9.17) is 23.2 Å². The summed E-state index contributed by atoms with van der Waals surface area (Å²) in [4.78, 5) is 30.7. The third kappa shape index (κ3) is 4.19. The Kier molecular flexibility index (Phi) is 5.79. The van der Waals surface area contributed by atoms with Gasteiger partial charge in [-0.3, -0.25) is 9.59 Å². The number of amides is 1. The SMILES string of the molecule is O=C(c1nn(-c2ccc(Cl)cc2)c(=O)c2ccccc12)N1CCN(c2ccc(Cl)cc2)CC1. The summed E-state index contributed by atoms with van der Waals surface area (Å²) in [6.45, 7) is 2.50. The van der Waals surface area contributed by atoms with Gasteiger partial charge in [0, 0.05) is 47.3 Å². The highest BCUT2D eigenvalue weighted by molar-refractivity contribution is 6.30. The maximum absolute atomic E-state index is 13.5. The fraction of sp³-hybridized carbons (Fsp3) is 0.160. The molecule has 1 saturated heterocycles. The number of carbonyl (C=O) groups is 1. The Morgan fingerprint density at radius 2 is 1.27 bits per heavy atom. The summed E-state index contributed by atoms with van der Waals surface area (Å²) < 4.78 is 1.27. The zero-order chi connectivity index (χ0) is 22.9. The van der Waals surface area contributed by atoms with E-state index in [1.807, 2.05) is 30.3 Å². The molecule has 0 atom stereocenters. The first-order valence-electron chi connectivity index (χ1n) is 10.6. The molecule has 0 unspecified atom stereocenters. The summed E-state index contributed by atoms with van der Waals surface area (Å²) in [7, 11) is 0. The van der Waals surface area contributed by atoms with Gasteiger partial charge in [0.05, 0.1) is 11.1 Å². The lowest BCUT2D eigenvalue weighted by atomic mass is 10.1. The number of rotatable bonds is 3. The number of anilines is 1. The maximum Gasteiger partial charge on any atom is 0.279 e. The lowest BCUT2D eigenvalue weighted by Gasteiger charge is -2.36. The van der Waals surface area contributed by atoms with E-state index in [0.29, 0.717) is 52.7 Å². The number of piperazine rings is 1. The number of benzene rings is 3.